The van der Waals surface area contributed by atoms with Crippen molar-refractivity contribution in [3.63, 3.8) is 0 Å². The smallest absolute Gasteiger partial charge is 0.198 e. The number of aryl methyl sites for hydroxylation is 1. The van der Waals surface area contributed by atoms with E-state index in [4.69, 9.17) is 23.8 Å². The zero-order valence-corrected chi connectivity index (χ0v) is 12.0. The van der Waals surface area contributed by atoms with Crippen molar-refractivity contribution in [2.24, 2.45) is 7.05 Å². The van der Waals surface area contributed by atoms with Crippen LogP contribution in [0.2, 0.25) is 4.34 Å². The molecule has 2 aromatic heterocycles. The Bertz CT molecular complexity index is 557. The average Bonchev–Trinajstić information content (AvgIpc) is 2.79. The lowest BCUT2D eigenvalue weighted by atomic mass is 10.4. The topological polar surface area (TPSA) is 26.0 Å². The SMILES string of the molecule is CN(Cc1ccc(Cl)s1)Cn1ncn(C)c1=S. The van der Waals surface area contributed by atoms with Gasteiger partial charge in [0.1, 0.15) is 6.33 Å². The van der Waals surface area contributed by atoms with E-state index in [2.05, 4.69) is 10.00 Å². The van der Waals surface area contributed by atoms with Crippen molar-refractivity contribution < 1.29 is 0 Å². The van der Waals surface area contributed by atoms with Crippen molar-refractivity contribution in [1.82, 2.24) is 19.2 Å². The highest BCUT2D eigenvalue weighted by Crippen LogP contribution is 2.22. The van der Waals surface area contributed by atoms with Crippen LogP contribution in [0, 0.1) is 4.77 Å². The molecule has 92 valence electrons. The zero-order chi connectivity index (χ0) is 12.4. The third kappa shape index (κ3) is 3.16. The van der Waals surface area contributed by atoms with Gasteiger partial charge in [-0.05, 0) is 31.4 Å². The third-order valence-electron chi connectivity index (χ3n) is 2.32. The molecular weight excluding hydrogens is 276 g/mol. The normalized spacial score (nSPS) is 11.3. The summed E-state index contributed by atoms with van der Waals surface area (Å²) in [6.45, 7) is 1.52. The highest BCUT2D eigenvalue weighted by atomic mass is 35.5. The summed E-state index contributed by atoms with van der Waals surface area (Å²) in [6.07, 6.45) is 1.72. The van der Waals surface area contributed by atoms with E-state index < -0.39 is 0 Å². The van der Waals surface area contributed by atoms with Crippen molar-refractivity contribution in [2.75, 3.05) is 7.05 Å². The van der Waals surface area contributed by atoms with E-state index >= 15 is 0 Å². The molecule has 0 radical (unpaired) electrons. The van der Waals surface area contributed by atoms with Gasteiger partial charge in [0, 0.05) is 18.5 Å². The van der Waals surface area contributed by atoms with Gasteiger partial charge in [-0.25, -0.2) is 4.68 Å². The van der Waals surface area contributed by atoms with E-state index in [1.807, 2.05) is 30.8 Å². The molecule has 0 aliphatic carbocycles. The zero-order valence-electron chi connectivity index (χ0n) is 9.63. The molecule has 0 amide bonds. The van der Waals surface area contributed by atoms with Crippen LogP contribution in [-0.4, -0.2) is 26.3 Å². The molecular formula is C10H13ClN4S2. The van der Waals surface area contributed by atoms with Crippen molar-refractivity contribution >= 4 is 35.2 Å². The minimum Gasteiger partial charge on any atom is -0.310 e. The van der Waals surface area contributed by atoms with Crippen LogP contribution in [0.25, 0.3) is 0 Å². The molecule has 0 saturated carbocycles. The van der Waals surface area contributed by atoms with Gasteiger partial charge in [0.2, 0.25) is 0 Å². The first-order valence-electron chi connectivity index (χ1n) is 5.07. The van der Waals surface area contributed by atoms with E-state index in [1.54, 1.807) is 22.3 Å². The van der Waals surface area contributed by atoms with E-state index in [-0.39, 0.29) is 0 Å². The summed E-state index contributed by atoms with van der Waals surface area (Å²) >= 11 is 12.7. The number of nitrogens with zero attached hydrogens (tertiary/aromatic N) is 4. The lowest BCUT2D eigenvalue weighted by molar-refractivity contribution is 0.246. The second kappa shape index (κ2) is 5.30. The second-order valence-electron chi connectivity index (χ2n) is 3.89. The molecule has 0 aliphatic rings. The molecule has 17 heavy (non-hydrogen) atoms. The number of hydrogen-bond donors (Lipinski definition) is 0. The fraction of sp³-hybridized carbons (Fsp3) is 0.400. The molecule has 0 N–H and O–H groups in total. The minimum absolute atomic E-state index is 0.676. The van der Waals surface area contributed by atoms with Crippen LogP contribution in [-0.2, 0) is 20.3 Å². The summed E-state index contributed by atoms with van der Waals surface area (Å²) in [4.78, 5) is 3.38. The monoisotopic (exact) mass is 288 g/mol. The van der Waals surface area contributed by atoms with Gasteiger partial charge in [-0.15, -0.1) is 11.3 Å². The molecule has 0 fully saturated rings. The number of aromatic nitrogens is 3. The molecule has 2 rings (SSSR count). The van der Waals surface area contributed by atoms with Crippen LogP contribution in [0.4, 0.5) is 0 Å². The molecule has 2 heterocycles. The van der Waals surface area contributed by atoms with E-state index in [0.29, 0.717) is 6.67 Å². The summed E-state index contributed by atoms with van der Waals surface area (Å²) in [5.41, 5.74) is 0. The van der Waals surface area contributed by atoms with Crippen LogP contribution >= 0.6 is 35.2 Å². The van der Waals surface area contributed by atoms with Gasteiger partial charge < -0.3 is 4.57 Å². The number of rotatable bonds is 4. The van der Waals surface area contributed by atoms with E-state index in [9.17, 15) is 0 Å². The maximum absolute atomic E-state index is 5.90. The molecule has 0 aromatic carbocycles. The lowest BCUT2D eigenvalue weighted by Gasteiger charge is -2.15. The third-order valence-corrected chi connectivity index (χ3v) is 4.03. The van der Waals surface area contributed by atoms with Crippen LogP contribution in [0.15, 0.2) is 18.5 Å². The van der Waals surface area contributed by atoms with Crippen LogP contribution in [0.3, 0.4) is 0 Å². The van der Waals surface area contributed by atoms with Crippen molar-refractivity contribution in [3.8, 4) is 0 Å². The molecule has 0 spiro atoms. The second-order valence-corrected chi connectivity index (χ2v) is 6.05. The molecule has 0 saturated heterocycles. The Balaban J connectivity index is 2.00. The fourth-order valence-electron chi connectivity index (χ4n) is 1.50. The first-order valence-corrected chi connectivity index (χ1v) is 6.68. The number of halogens is 1. The Morgan fingerprint density at radius 1 is 1.53 bits per heavy atom. The Morgan fingerprint density at radius 2 is 2.29 bits per heavy atom. The Morgan fingerprint density at radius 3 is 2.82 bits per heavy atom. The van der Waals surface area contributed by atoms with Crippen LogP contribution in [0.1, 0.15) is 4.88 Å². The van der Waals surface area contributed by atoms with Gasteiger partial charge in [0.25, 0.3) is 0 Å². The summed E-state index contributed by atoms with van der Waals surface area (Å²) in [5, 5.41) is 4.21. The molecule has 0 unspecified atom stereocenters. The summed E-state index contributed by atoms with van der Waals surface area (Å²) in [7, 11) is 3.93. The molecule has 0 aliphatic heterocycles. The van der Waals surface area contributed by atoms with Crippen LogP contribution < -0.4 is 0 Å². The van der Waals surface area contributed by atoms with E-state index in [0.717, 1.165) is 15.7 Å². The molecule has 7 heteroatoms. The summed E-state index contributed by atoms with van der Waals surface area (Å²) < 4.78 is 5.17. The first kappa shape index (κ1) is 12.8. The first-order chi connectivity index (χ1) is 8.06. The lowest BCUT2D eigenvalue weighted by Crippen LogP contribution is -2.22. The summed E-state index contributed by atoms with van der Waals surface area (Å²) in [5.74, 6) is 0. The average molecular weight is 289 g/mol. The molecule has 4 nitrogen and oxygen atoms in total. The quantitative estimate of drug-likeness (QED) is 0.809. The Kier molecular flexibility index (Phi) is 3.98. The number of hydrogen-bond acceptors (Lipinski definition) is 4. The molecule has 2 aromatic rings. The number of thiophene rings is 1. The van der Waals surface area contributed by atoms with Crippen LogP contribution in [0.5, 0.6) is 0 Å². The maximum Gasteiger partial charge on any atom is 0.198 e. The van der Waals surface area contributed by atoms with Gasteiger partial charge in [0.05, 0.1) is 11.0 Å². The highest BCUT2D eigenvalue weighted by Gasteiger charge is 2.05. The van der Waals surface area contributed by atoms with Gasteiger partial charge in [0.15, 0.2) is 4.77 Å². The largest absolute Gasteiger partial charge is 0.310 e. The minimum atomic E-state index is 0.676. The molecule has 0 bridgehead atoms. The Hall–Kier alpha value is -0.690. The van der Waals surface area contributed by atoms with Gasteiger partial charge in [-0.3, -0.25) is 4.90 Å². The fourth-order valence-corrected chi connectivity index (χ4v) is 2.82. The Labute approximate surface area is 114 Å². The van der Waals surface area contributed by atoms with Crippen molar-refractivity contribution in [3.05, 3.63) is 32.4 Å². The maximum atomic E-state index is 5.90. The summed E-state index contributed by atoms with van der Waals surface area (Å²) in [6, 6.07) is 3.96. The van der Waals surface area contributed by atoms with Gasteiger partial charge >= 0.3 is 0 Å². The van der Waals surface area contributed by atoms with Crippen molar-refractivity contribution in [2.45, 2.75) is 13.2 Å². The van der Waals surface area contributed by atoms with Gasteiger partial charge in [-0.2, -0.15) is 5.10 Å². The predicted molar refractivity (Wildman–Crippen MR) is 72.8 cm³/mol. The predicted octanol–water partition coefficient (Wildman–Crippen LogP) is 2.76. The van der Waals surface area contributed by atoms with Crippen molar-refractivity contribution in [1.29, 1.82) is 0 Å². The molecule has 0 atom stereocenters. The van der Waals surface area contributed by atoms with Gasteiger partial charge in [-0.1, -0.05) is 11.6 Å². The standard InChI is InChI=1S/C10H13ClN4S2/c1-13(5-8-3-4-9(11)17-8)7-15-10(16)14(2)6-12-15/h3-4,6H,5,7H2,1-2H3. The van der Waals surface area contributed by atoms with E-state index in [1.165, 1.54) is 4.88 Å². The highest BCUT2D eigenvalue weighted by molar-refractivity contribution is 7.71.